The highest BCUT2D eigenvalue weighted by Gasteiger charge is 2.13. The van der Waals surface area contributed by atoms with Gasteiger partial charge in [0.2, 0.25) is 0 Å². The van der Waals surface area contributed by atoms with Crippen molar-refractivity contribution >= 4 is 5.91 Å². The van der Waals surface area contributed by atoms with E-state index in [1.165, 1.54) is 0 Å². The van der Waals surface area contributed by atoms with Crippen LogP contribution in [0.2, 0.25) is 0 Å². The highest BCUT2D eigenvalue weighted by molar-refractivity contribution is 5.94. The average Bonchev–Trinajstić information content (AvgIpc) is 2.76. The molecule has 1 aromatic rings. The van der Waals surface area contributed by atoms with E-state index in [9.17, 15) is 4.79 Å². The largest absolute Gasteiger partial charge is 0.379 e. The molecule has 2 heterocycles. The molecule has 0 aliphatic carbocycles. The second kappa shape index (κ2) is 6.68. The molecule has 6 nitrogen and oxygen atoms in total. The van der Waals surface area contributed by atoms with Crippen molar-refractivity contribution in [2.45, 2.75) is 13.3 Å². The van der Waals surface area contributed by atoms with Crippen molar-refractivity contribution in [2.24, 2.45) is 7.05 Å². The molecule has 0 unspecified atom stereocenters. The smallest absolute Gasteiger partial charge is 0.254 e. The molecular formula is C13H22N4O2. The van der Waals surface area contributed by atoms with Gasteiger partial charge >= 0.3 is 0 Å². The Hall–Kier alpha value is -1.40. The number of hydrogen-bond acceptors (Lipinski definition) is 4. The highest BCUT2D eigenvalue weighted by atomic mass is 16.5. The third-order valence-electron chi connectivity index (χ3n) is 3.52. The molecule has 1 saturated heterocycles. The molecule has 0 radical (unpaired) electrons. The molecule has 0 aromatic carbocycles. The van der Waals surface area contributed by atoms with Crippen LogP contribution in [0.5, 0.6) is 0 Å². The van der Waals surface area contributed by atoms with Crippen molar-refractivity contribution in [3.8, 4) is 0 Å². The minimum Gasteiger partial charge on any atom is -0.379 e. The Kier molecular flexibility index (Phi) is 4.93. The van der Waals surface area contributed by atoms with Crippen LogP contribution in [0.1, 0.15) is 22.5 Å². The van der Waals surface area contributed by atoms with Crippen molar-refractivity contribution in [3.05, 3.63) is 17.5 Å². The molecule has 1 N–H and O–H groups in total. The number of carbonyl (C=O) groups excluding carboxylic acids is 1. The van der Waals surface area contributed by atoms with Gasteiger partial charge in [-0.2, -0.15) is 5.10 Å². The van der Waals surface area contributed by atoms with Crippen LogP contribution in [-0.4, -0.2) is 60.0 Å². The zero-order chi connectivity index (χ0) is 13.7. The number of ether oxygens (including phenoxy) is 1. The van der Waals surface area contributed by atoms with E-state index in [4.69, 9.17) is 4.74 Å². The summed E-state index contributed by atoms with van der Waals surface area (Å²) >= 11 is 0. The fourth-order valence-electron chi connectivity index (χ4n) is 2.15. The first kappa shape index (κ1) is 14.0. The lowest BCUT2D eigenvalue weighted by atomic mass is 10.2. The maximum absolute atomic E-state index is 11.9. The van der Waals surface area contributed by atoms with Crippen molar-refractivity contribution < 1.29 is 9.53 Å². The molecule has 19 heavy (non-hydrogen) atoms. The zero-order valence-corrected chi connectivity index (χ0v) is 11.7. The summed E-state index contributed by atoms with van der Waals surface area (Å²) in [6.07, 6.45) is 2.58. The molecule has 6 heteroatoms. The Morgan fingerprint density at radius 2 is 2.21 bits per heavy atom. The summed E-state index contributed by atoms with van der Waals surface area (Å²) in [5, 5.41) is 7.02. The van der Waals surface area contributed by atoms with Gasteiger partial charge < -0.3 is 10.1 Å². The Morgan fingerprint density at radius 3 is 2.84 bits per heavy atom. The van der Waals surface area contributed by atoms with Gasteiger partial charge in [0.05, 0.1) is 25.0 Å². The third-order valence-corrected chi connectivity index (χ3v) is 3.52. The van der Waals surface area contributed by atoms with Crippen molar-refractivity contribution in [1.29, 1.82) is 0 Å². The number of hydrogen-bond donors (Lipinski definition) is 1. The lowest BCUT2D eigenvalue weighted by Crippen LogP contribution is -2.38. The maximum atomic E-state index is 11.9. The third kappa shape index (κ3) is 3.78. The topological polar surface area (TPSA) is 59.4 Å². The molecule has 0 atom stereocenters. The van der Waals surface area contributed by atoms with E-state index in [1.807, 2.05) is 14.0 Å². The normalized spacial score (nSPS) is 16.5. The summed E-state index contributed by atoms with van der Waals surface area (Å²) < 4.78 is 7.01. The fraction of sp³-hybridized carbons (Fsp3) is 0.692. The molecule has 0 saturated carbocycles. The van der Waals surface area contributed by atoms with Gasteiger partial charge in [-0.25, -0.2) is 0 Å². The van der Waals surface area contributed by atoms with E-state index >= 15 is 0 Å². The molecule has 0 bridgehead atoms. The number of rotatable bonds is 5. The molecular weight excluding hydrogens is 244 g/mol. The van der Waals surface area contributed by atoms with Crippen LogP contribution in [0.25, 0.3) is 0 Å². The lowest BCUT2D eigenvalue weighted by Gasteiger charge is -2.26. The second-order valence-electron chi connectivity index (χ2n) is 4.83. The molecule has 0 spiro atoms. The minimum atomic E-state index is -0.0347. The molecule has 1 fully saturated rings. The SMILES string of the molecule is Cc1c(C(=O)NCCCN2CCOCC2)cnn1C. The van der Waals surface area contributed by atoms with Crippen molar-refractivity contribution in [2.75, 3.05) is 39.4 Å². The van der Waals surface area contributed by atoms with Crippen LogP contribution in [0.4, 0.5) is 0 Å². The van der Waals surface area contributed by atoms with Gasteiger partial charge in [0.1, 0.15) is 0 Å². The predicted molar refractivity (Wildman–Crippen MR) is 72.2 cm³/mol. The standard InChI is InChI=1S/C13H22N4O2/c1-11-12(10-15-16(11)2)13(18)14-4-3-5-17-6-8-19-9-7-17/h10H,3-9H2,1-2H3,(H,14,18). The Balaban J connectivity index is 1.68. The number of amides is 1. The van der Waals surface area contributed by atoms with E-state index in [0.717, 1.165) is 45.0 Å². The van der Waals surface area contributed by atoms with Gasteiger partial charge in [-0.15, -0.1) is 0 Å². The lowest BCUT2D eigenvalue weighted by molar-refractivity contribution is 0.0374. The Bertz CT molecular complexity index is 424. The first-order valence-corrected chi connectivity index (χ1v) is 6.75. The maximum Gasteiger partial charge on any atom is 0.254 e. The van der Waals surface area contributed by atoms with Crippen LogP contribution in [0, 0.1) is 6.92 Å². The summed E-state index contributed by atoms with van der Waals surface area (Å²) in [6.45, 7) is 7.24. The average molecular weight is 266 g/mol. The molecule has 1 aliphatic heterocycles. The van der Waals surface area contributed by atoms with Gasteiger partial charge in [0.25, 0.3) is 5.91 Å². The number of carbonyl (C=O) groups is 1. The van der Waals surface area contributed by atoms with E-state index < -0.39 is 0 Å². The van der Waals surface area contributed by atoms with Crippen LogP contribution in [0.3, 0.4) is 0 Å². The number of aryl methyl sites for hydroxylation is 1. The van der Waals surface area contributed by atoms with Gasteiger partial charge in [-0.05, 0) is 19.9 Å². The summed E-state index contributed by atoms with van der Waals surface area (Å²) in [6, 6.07) is 0. The van der Waals surface area contributed by atoms with Crippen molar-refractivity contribution in [1.82, 2.24) is 20.0 Å². The van der Waals surface area contributed by atoms with Gasteiger partial charge in [-0.3, -0.25) is 14.4 Å². The molecule has 2 rings (SSSR count). The molecule has 1 aliphatic rings. The number of nitrogens with one attached hydrogen (secondary N) is 1. The summed E-state index contributed by atoms with van der Waals surface area (Å²) in [5.74, 6) is -0.0347. The van der Waals surface area contributed by atoms with Gasteiger partial charge in [0.15, 0.2) is 0 Å². The Labute approximate surface area is 113 Å². The predicted octanol–water partition coefficient (Wildman–Crippen LogP) is 0.181. The molecule has 1 aromatic heterocycles. The van der Waals surface area contributed by atoms with Crippen LogP contribution in [0.15, 0.2) is 6.20 Å². The van der Waals surface area contributed by atoms with Crippen LogP contribution < -0.4 is 5.32 Å². The molecule has 1 amide bonds. The van der Waals surface area contributed by atoms with E-state index in [0.29, 0.717) is 12.1 Å². The van der Waals surface area contributed by atoms with Gasteiger partial charge in [-0.1, -0.05) is 0 Å². The van der Waals surface area contributed by atoms with E-state index in [2.05, 4.69) is 15.3 Å². The minimum absolute atomic E-state index is 0.0347. The fourth-order valence-corrected chi connectivity index (χ4v) is 2.15. The van der Waals surface area contributed by atoms with Gasteiger partial charge in [0, 0.05) is 32.4 Å². The first-order chi connectivity index (χ1) is 9.18. The number of aromatic nitrogens is 2. The molecule has 106 valence electrons. The van der Waals surface area contributed by atoms with Crippen LogP contribution >= 0.6 is 0 Å². The van der Waals surface area contributed by atoms with E-state index in [-0.39, 0.29) is 5.91 Å². The first-order valence-electron chi connectivity index (χ1n) is 6.75. The quantitative estimate of drug-likeness (QED) is 0.772. The summed E-state index contributed by atoms with van der Waals surface area (Å²) in [5.41, 5.74) is 1.56. The number of morpholine rings is 1. The van der Waals surface area contributed by atoms with E-state index in [1.54, 1.807) is 10.9 Å². The monoisotopic (exact) mass is 266 g/mol. The zero-order valence-electron chi connectivity index (χ0n) is 11.7. The number of nitrogens with zero attached hydrogens (tertiary/aromatic N) is 3. The second-order valence-corrected chi connectivity index (χ2v) is 4.83. The van der Waals surface area contributed by atoms with Crippen LogP contribution in [-0.2, 0) is 11.8 Å². The summed E-state index contributed by atoms with van der Waals surface area (Å²) in [4.78, 5) is 14.3. The van der Waals surface area contributed by atoms with Crippen molar-refractivity contribution in [3.63, 3.8) is 0 Å². The summed E-state index contributed by atoms with van der Waals surface area (Å²) in [7, 11) is 1.84. The Morgan fingerprint density at radius 1 is 1.47 bits per heavy atom. The highest BCUT2D eigenvalue weighted by Crippen LogP contribution is 2.05.